The minimum Gasteiger partial charge on any atom is -0.461 e. The molecule has 1 N–H and O–H groups in total. The van der Waals surface area contributed by atoms with E-state index in [2.05, 4.69) is 20.4 Å². The van der Waals surface area contributed by atoms with Gasteiger partial charge in [0.25, 0.3) is 0 Å². The number of benzene rings is 1. The Morgan fingerprint density at radius 3 is 2.52 bits per heavy atom. The quantitative estimate of drug-likeness (QED) is 0.794. The second-order valence-electron chi connectivity index (χ2n) is 4.64. The summed E-state index contributed by atoms with van der Waals surface area (Å²) in [5, 5.41) is 9.65. The first-order chi connectivity index (χ1) is 11.8. The second kappa shape index (κ2) is 7.64. The van der Waals surface area contributed by atoms with Crippen LogP contribution < -0.4 is 10.1 Å². The largest absolute Gasteiger partial charge is 0.573 e. The van der Waals surface area contributed by atoms with E-state index in [4.69, 9.17) is 4.74 Å². The van der Waals surface area contributed by atoms with Gasteiger partial charge in [-0.25, -0.2) is 9.48 Å². The van der Waals surface area contributed by atoms with Crippen LogP contribution in [0.2, 0.25) is 0 Å². The van der Waals surface area contributed by atoms with Crippen LogP contribution in [0, 0.1) is 0 Å². The van der Waals surface area contributed by atoms with Crippen molar-refractivity contribution >= 4 is 17.6 Å². The number of halogens is 3. The molecular formula is C14H13F3N4O4. The molecule has 8 nitrogen and oxygen atoms in total. The summed E-state index contributed by atoms with van der Waals surface area (Å²) < 4.78 is 45.8. The lowest BCUT2D eigenvalue weighted by Gasteiger charge is -2.09. The van der Waals surface area contributed by atoms with Crippen molar-refractivity contribution in [3.05, 3.63) is 36.2 Å². The zero-order valence-corrected chi connectivity index (χ0v) is 12.9. The molecule has 0 spiro atoms. The van der Waals surface area contributed by atoms with E-state index in [0.717, 1.165) is 16.8 Å². The zero-order chi connectivity index (χ0) is 18.4. The maximum Gasteiger partial charge on any atom is 0.573 e. The molecule has 11 heteroatoms. The van der Waals surface area contributed by atoms with Crippen molar-refractivity contribution in [2.45, 2.75) is 19.8 Å². The minimum atomic E-state index is -4.78. The summed E-state index contributed by atoms with van der Waals surface area (Å²) >= 11 is 0. The number of hydrogen-bond donors (Lipinski definition) is 1. The molecule has 1 aromatic heterocycles. The molecule has 0 saturated carbocycles. The monoisotopic (exact) mass is 358 g/mol. The Labute approximate surface area is 139 Å². The highest BCUT2D eigenvalue weighted by Gasteiger charge is 2.30. The number of nitrogens with zero attached hydrogens (tertiary/aromatic N) is 3. The zero-order valence-electron chi connectivity index (χ0n) is 12.9. The molecular weight excluding hydrogens is 345 g/mol. The minimum absolute atomic E-state index is 0.0386. The van der Waals surface area contributed by atoms with Gasteiger partial charge in [-0.15, -0.1) is 18.3 Å². The molecule has 0 radical (unpaired) electrons. The highest BCUT2D eigenvalue weighted by Crippen LogP contribution is 2.23. The number of nitrogens with one attached hydrogen (secondary N) is 1. The maximum atomic E-state index is 12.1. The first-order valence-corrected chi connectivity index (χ1v) is 6.99. The fraction of sp³-hybridized carbons (Fsp3) is 0.286. The van der Waals surface area contributed by atoms with Gasteiger partial charge in [-0.2, -0.15) is 0 Å². The number of rotatable bonds is 6. The Bertz CT molecular complexity index is 743. The van der Waals surface area contributed by atoms with E-state index in [0.29, 0.717) is 0 Å². The Morgan fingerprint density at radius 1 is 1.24 bits per heavy atom. The van der Waals surface area contributed by atoms with E-state index in [9.17, 15) is 22.8 Å². The molecule has 0 aliphatic carbocycles. The van der Waals surface area contributed by atoms with Gasteiger partial charge >= 0.3 is 12.3 Å². The summed E-state index contributed by atoms with van der Waals surface area (Å²) in [5.74, 6) is -1.57. The van der Waals surface area contributed by atoms with Gasteiger partial charge in [0.1, 0.15) is 12.3 Å². The van der Waals surface area contributed by atoms with Crippen molar-refractivity contribution in [1.29, 1.82) is 0 Å². The van der Waals surface area contributed by atoms with Gasteiger partial charge in [0.2, 0.25) is 5.91 Å². The predicted molar refractivity (Wildman–Crippen MR) is 77.7 cm³/mol. The first-order valence-electron chi connectivity index (χ1n) is 6.99. The molecule has 1 heterocycles. The number of aromatic nitrogens is 3. The third-order valence-electron chi connectivity index (χ3n) is 2.70. The lowest BCUT2D eigenvalue weighted by Crippen LogP contribution is -2.19. The van der Waals surface area contributed by atoms with Crippen molar-refractivity contribution in [2.24, 2.45) is 0 Å². The van der Waals surface area contributed by atoms with Gasteiger partial charge in [0.15, 0.2) is 5.69 Å². The fourth-order valence-electron chi connectivity index (χ4n) is 1.76. The van der Waals surface area contributed by atoms with Crippen molar-refractivity contribution in [3.8, 4) is 5.75 Å². The van der Waals surface area contributed by atoms with Crippen LogP contribution in [-0.4, -0.2) is 39.8 Å². The molecule has 2 aromatic rings. The van der Waals surface area contributed by atoms with Crippen molar-refractivity contribution in [1.82, 2.24) is 15.0 Å². The van der Waals surface area contributed by atoms with Gasteiger partial charge < -0.3 is 14.8 Å². The van der Waals surface area contributed by atoms with Crippen molar-refractivity contribution < 1.29 is 32.2 Å². The molecule has 25 heavy (non-hydrogen) atoms. The fourth-order valence-corrected chi connectivity index (χ4v) is 1.76. The summed E-state index contributed by atoms with van der Waals surface area (Å²) in [4.78, 5) is 23.3. The summed E-state index contributed by atoms with van der Waals surface area (Å²) in [6, 6.07) is 4.64. The number of alkyl halides is 3. The second-order valence-corrected chi connectivity index (χ2v) is 4.64. The number of carbonyl (C=O) groups is 2. The number of ether oxygens (including phenoxy) is 2. The van der Waals surface area contributed by atoms with Crippen LogP contribution in [0.5, 0.6) is 5.75 Å². The number of hydrogen-bond acceptors (Lipinski definition) is 6. The summed E-state index contributed by atoms with van der Waals surface area (Å²) in [5.41, 5.74) is 0.230. The van der Waals surface area contributed by atoms with Crippen LogP contribution in [0.15, 0.2) is 30.5 Å². The van der Waals surface area contributed by atoms with E-state index in [1.807, 2.05) is 0 Å². The standard InChI is InChI=1S/C14H13F3N4O4/c1-2-24-13(23)11-7-21(20-19-11)8-12(22)18-9-3-5-10(6-4-9)25-14(15,16)17/h3-7H,2,8H2,1H3,(H,18,22). The first kappa shape index (κ1) is 18.2. The summed E-state index contributed by atoms with van der Waals surface area (Å²) in [6.07, 6.45) is -3.54. The van der Waals surface area contributed by atoms with Crippen LogP contribution in [0.25, 0.3) is 0 Å². The van der Waals surface area contributed by atoms with Crippen LogP contribution >= 0.6 is 0 Å². The van der Waals surface area contributed by atoms with Gasteiger partial charge in [-0.05, 0) is 31.2 Å². The number of carbonyl (C=O) groups excluding carboxylic acids is 2. The molecule has 0 aliphatic heterocycles. The van der Waals surface area contributed by atoms with E-state index < -0.39 is 24.0 Å². The van der Waals surface area contributed by atoms with E-state index in [1.165, 1.54) is 18.3 Å². The molecule has 0 atom stereocenters. The summed E-state index contributed by atoms with van der Waals surface area (Å²) in [6.45, 7) is 1.58. The number of amides is 1. The Hall–Kier alpha value is -3.11. The molecule has 0 unspecified atom stereocenters. The third kappa shape index (κ3) is 5.79. The highest BCUT2D eigenvalue weighted by molar-refractivity contribution is 5.91. The summed E-state index contributed by atoms with van der Waals surface area (Å²) in [7, 11) is 0. The molecule has 2 rings (SSSR count). The number of anilines is 1. The van der Waals surface area contributed by atoms with Gasteiger partial charge in [0.05, 0.1) is 12.8 Å². The van der Waals surface area contributed by atoms with E-state index >= 15 is 0 Å². The molecule has 0 bridgehead atoms. The van der Waals surface area contributed by atoms with Crippen LogP contribution in [0.3, 0.4) is 0 Å². The lowest BCUT2D eigenvalue weighted by atomic mass is 10.3. The highest BCUT2D eigenvalue weighted by atomic mass is 19.4. The maximum absolute atomic E-state index is 12.1. The Balaban J connectivity index is 1.91. The van der Waals surface area contributed by atoms with Crippen molar-refractivity contribution in [2.75, 3.05) is 11.9 Å². The van der Waals surface area contributed by atoms with Crippen LogP contribution in [0.1, 0.15) is 17.4 Å². The van der Waals surface area contributed by atoms with Crippen LogP contribution in [-0.2, 0) is 16.1 Å². The van der Waals surface area contributed by atoms with Gasteiger partial charge in [0, 0.05) is 5.69 Å². The Kier molecular flexibility index (Phi) is 5.57. The Morgan fingerprint density at radius 2 is 1.92 bits per heavy atom. The number of esters is 1. The van der Waals surface area contributed by atoms with E-state index in [1.54, 1.807) is 6.92 Å². The predicted octanol–water partition coefficient (Wildman–Crippen LogP) is 1.99. The molecule has 1 aromatic carbocycles. The van der Waals surface area contributed by atoms with Gasteiger partial charge in [-0.1, -0.05) is 5.21 Å². The van der Waals surface area contributed by atoms with Gasteiger partial charge in [-0.3, -0.25) is 4.79 Å². The lowest BCUT2D eigenvalue weighted by molar-refractivity contribution is -0.274. The molecule has 0 saturated heterocycles. The average molecular weight is 358 g/mol. The normalized spacial score (nSPS) is 11.0. The third-order valence-corrected chi connectivity index (χ3v) is 2.70. The van der Waals surface area contributed by atoms with Crippen LogP contribution in [0.4, 0.5) is 18.9 Å². The van der Waals surface area contributed by atoms with Crippen molar-refractivity contribution in [3.63, 3.8) is 0 Å². The molecule has 0 aliphatic rings. The molecule has 1 amide bonds. The molecule has 134 valence electrons. The molecule has 0 fully saturated rings. The smallest absolute Gasteiger partial charge is 0.461 e. The topological polar surface area (TPSA) is 95.3 Å². The van der Waals surface area contributed by atoms with E-state index in [-0.39, 0.29) is 24.5 Å². The average Bonchev–Trinajstić information content (AvgIpc) is 2.96. The SMILES string of the molecule is CCOC(=O)c1cn(CC(=O)Nc2ccc(OC(F)(F)F)cc2)nn1.